The van der Waals surface area contributed by atoms with E-state index in [0.717, 1.165) is 52.4 Å². The Morgan fingerprint density at radius 2 is 1.79 bits per heavy atom. The van der Waals surface area contributed by atoms with Crippen molar-refractivity contribution in [3.05, 3.63) is 101 Å². The number of allylic oxidation sites excluding steroid dienone is 1. The third-order valence-electron chi connectivity index (χ3n) is 6.81. The van der Waals surface area contributed by atoms with E-state index in [1.165, 1.54) is 0 Å². The van der Waals surface area contributed by atoms with Crippen molar-refractivity contribution in [3.63, 3.8) is 0 Å². The number of rotatable bonds is 9. The molecule has 1 amide bonds. The first-order chi connectivity index (χ1) is 18.9. The minimum atomic E-state index is -0.487. The molecule has 2 heterocycles. The summed E-state index contributed by atoms with van der Waals surface area (Å²) >= 11 is 1.63. The van der Waals surface area contributed by atoms with Crippen molar-refractivity contribution < 1.29 is 9.53 Å². The molecule has 200 valence electrons. The Kier molecular flexibility index (Phi) is 8.02. The van der Waals surface area contributed by atoms with Crippen LogP contribution in [0.2, 0.25) is 0 Å². The number of benzene rings is 3. The number of fused-ring (bicyclic) bond motifs is 1. The highest BCUT2D eigenvalue weighted by Crippen LogP contribution is 2.38. The molecule has 4 aromatic rings. The molecular formula is C31H33N5O2S. The molecule has 8 heteroatoms. The van der Waals surface area contributed by atoms with Gasteiger partial charge in [-0.2, -0.15) is 4.98 Å². The lowest BCUT2D eigenvalue weighted by atomic mass is 9.94. The highest BCUT2D eigenvalue weighted by atomic mass is 32.2. The van der Waals surface area contributed by atoms with E-state index in [9.17, 15) is 4.79 Å². The SMILES string of the molecule is CCCCSc1nc2n(n1)C(c1cccc(Oc3ccccc3)c1)C(C(=O)Nc1cccc(C)c1C)=C(C)N2. The summed E-state index contributed by atoms with van der Waals surface area (Å²) in [5.74, 6) is 2.81. The lowest BCUT2D eigenvalue weighted by Gasteiger charge is -2.29. The van der Waals surface area contributed by atoms with Crippen LogP contribution in [-0.2, 0) is 4.79 Å². The molecule has 0 aliphatic carbocycles. The van der Waals surface area contributed by atoms with Gasteiger partial charge in [0.15, 0.2) is 0 Å². The Morgan fingerprint density at radius 1 is 1.03 bits per heavy atom. The van der Waals surface area contributed by atoms with Gasteiger partial charge in [0.25, 0.3) is 5.91 Å². The van der Waals surface area contributed by atoms with E-state index in [1.54, 1.807) is 11.8 Å². The van der Waals surface area contributed by atoms with Crippen molar-refractivity contribution in [2.45, 2.75) is 51.7 Å². The van der Waals surface area contributed by atoms with Crippen LogP contribution in [0.4, 0.5) is 11.6 Å². The number of aryl methyl sites for hydroxylation is 1. The van der Waals surface area contributed by atoms with Gasteiger partial charge in [0.2, 0.25) is 11.1 Å². The standard InChI is InChI=1S/C31H33N5O2S/c1-5-6-18-39-31-34-30-32-22(4)27(29(37)33-26-17-10-12-20(2)21(26)3)28(36(30)35-31)23-13-11-16-25(19-23)38-24-14-8-7-9-15-24/h7-17,19,28H,5-6,18H2,1-4H3,(H,33,37)(H,32,34,35). The van der Waals surface area contributed by atoms with Gasteiger partial charge < -0.3 is 15.4 Å². The van der Waals surface area contributed by atoms with Crippen LogP contribution in [0.25, 0.3) is 0 Å². The molecule has 1 aliphatic rings. The van der Waals surface area contributed by atoms with Crippen LogP contribution in [0.3, 0.4) is 0 Å². The smallest absolute Gasteiger partial charge is 0.255 e. The lowest BCUT2D eigenvalue weighted by Crippen LogP contribution is -2.31. The van der Waals surface area contributed by atoms with Crippen molar-refractivity contribution in [2.24, 2.45) is 0 Å². The number of nitrogens with one attached hydrogen (secondary N) is 2. The first-order valence-electron chi connectivity index (χ1n) is 13.2. The van der Waals surface area contributed by atoms with Gasteiger partial charge in [0.1, 0.15) is 17.5 Å². The molecular weight excluding hydrogens is 506 g/mol. The largest absolute Gasteiger partial charge is 0.457 e. The van der Waals surface area contributed by atoms with E-state index in [1.807, 2.05) is 98.2 Å². The van der Waals surface area contributed by atoms with E-state index in [-0.39, 0.29) is 5.91 Å². The van der Waals surface area contributed by atoms with Gasteiger partial charge >= 0.3 is 0 Å². The Hall–Kier alpha value is -4.04. The van der Waals surface area contributed by atoms with Crippen LogP contribution in [0.1, 0.15) is 49.4 Å². The molecule has 0 radical (unpaired) electrons. The molecule has 5 rings (SSSR count). The number of para-hydroxylation sites is 1. The summed E-state index contributed by atoms with van der Waals surface area (Å²) < 4.78 is 7.95. The Bertz CT molecular complexity index is 1510. The van der Waals surface area contributed by atoms with Crippen LogP contribution >= 0.6 is 11.8 Å². The van der Waals surface area contributed by atoms with Gasteiger partial charge in [-0.1, -0.05) is 67.6 Å². The second kappa shape index (κ2) is 11.8. The second-order valence-electron chi connectivity index (χ2n) is 9.62. The second-order valence-corrected chi connectivity index (χ2v) is 10.7. The first-order valence-corrected chi connectivity index (χ1v) is 14.2. The summed E-state index contributed by atoms with van der Waals surface area (Å²) in [4.78, 5) is 18.7. The number of ether oxygens (including phenoxy) is 1. The molecule has 0 bridgehead atoms. The zero-order valence-electron chi connectivity index (χ0n) is 22.7. The van der Waals surface area contributed by atoms with E-state index in [4.69, 9.17) is 14.8 Å². The number of thioether (sulfide) groups is 1. The van der Waals surface area contributed by atoms with E-state index >= 15 is 0 Å². The van der Waals surface area contributed by atoms with Crippen LogP contribution < -0.4 is 15.4 Å². The Balaban J connectivity index is 1.54. The van der Waals surface area contributed by atoms with Crippen molar-refractivity contribution in [1.82, 2.24) is 14.8 Å². The van der Waals surface area contributed by atoms with Gasteiger partial charge in [0, 0.05) is 17.1 Å². The minimum Gasteiger partial charge on any atom is -0.457 e. The summed E-state index contributed by atoms with van der Waals surface area (Å²) in [5, 5.41) is 12.0. The van der Waals surface area contributed by atoms with Crippen molar-refractivity contribution in [1.29, 1.82) is 0 Å². The molecule has 2 N–H and O–H groups in total. The molecule has 0 saturated heterocycles. The molecule has 0 spiro atoms. The number of carbonyl (C=O) groups is 1. The first kappa shape index (κ1) is 26.6. The molecule has 3 aromatic carbocycles. The maximum Gasteiger partial charge on any atom is 0.255 e. The summed E-state index contributed by atoms with van der Waals surface area (Å²) in [6.07, 6.45) is 2.20. The molecule has 1 aromatic heterocycles. The summed E-state index contributed by atoms with van der Waals surface area (Å²) in [6, 6.07) is 22.9. The number of aromatic nitrogens is 3. The predicted octanol–water partition coefficient (Wildman–Crippen LogP) is 7.51. The van der Waals surface area contributed by atoms with E-state index < -0.39 is 6.04 Å². The molecule has 0 saturated carbocycles. The monoisotopic (exact) mass is 539 g/mol. The van der Waals surface area contributed by atoms with Crippen molar-refractivity contribution in [3.8, 4) is 11.5 Å². The third kappa shape index (κ3) is 5.86. The molecule has 0 fully saturated rings. The fourth-order valence-electron chi connectivity index (χ4n) is 4.55. The average molecular weight is 540 g/mol. The summed E-state index contributed by atoms with van der Waals surface area (Å²) in [7, 11) is 0. The normalized spacial score (nSPS) is 14.5. The number of anilines is 2. The number of unbranched alkanes of at least 4 members (excludes halogenated alkanes) is 1. The van der Waals surface area contributed by atoms with Gasteiger partial charge in [-0.25, -0.2) is 4.68 Å². The van der Waals surface area contributed by atoms with Crippen LogP contribution in [-0.4, -0.2) is 26.4 Å². The minimum absolute atomic E-state index is 0.186. The third-order valence-corrected chi connectivity index (χ3v) is 7.74. The molecule has 1 aliphatic heterocycles. The Morgan fingerprint density at radius 3 is 2.59 bits per heavy atom. The number of hydrogen-bond acceptors (Lipinski definition) is 6. The van der Waals surface area contributed by atoms with Gasteiger partial charge in [-0.3, -0.25) is 4.79 Å². The van der Waals surface area contributed by atoms with Crippen molar-refractivity contribution >= 4 is 29.3 Å². The van der Waals surface area contributed by atoms with Crippen LogP contribution in [0.15, 0.2) is 89.2 Å². The summed E-state index contributed by atoms with van der Waals surface area (Å²) in [6.45, 7) is 8.14. The molecule has 1 unspecified atom stereocenters. The maximum atomic E-state index is 13.9. The highest BCUT2D eigenvalue weighted by molar-refractivity contribution is 7.99. The highest BCUT2D eigenvalue weighted by Gasteiger charge is 2.35. The van der Waals surface area contributed by atoms with Gasteiger partial charge in [-0.15, -0.1) is 5.10 Å². The Labute approximate surface area is 233 Å². The zero-order chi connectivity index (χ0) is 27.4. The number of carbonyl (C=O) groups excluding carboxylic acids is 1. The van der Waals surface area contributed by atoms with E-state index in [0.29, 0.717) is 22.4 Å². The fraction of sp³-hybridized carbons (Fsp3) is 0.258. The number of amides is 1. The van der Waals surface area contributed by atoms with E-state index in [2.05, 4.69) is 17.6 Å². The van der Waals surface area contributed by atoms with Crippen molar-refractivity contribution in [2.75, 3.05) is 16.4 Å². The fourth-order valence-corrected chi connectivity index (χ4v) is 5.46. The molecule has 1 atom stereocenters. The predicted molar refractivity (Wildman–Crippen MR) is 158 cm³/mol. The van der Waals surface area contributed by atoms with Gasteiger partial charge in [0.05, 0.1) is 5.57 Å². The summed E-state index contributed by atoms with van der Waals surface area (Å²) in [5.41, 5.74) is 5.15. The topological polar surface area (TPSA) is 81.1 Å². The zero-order valence-corrected chi connectivity index (χ0v) is 23.5. The quantitative estimate of drug-likeness (QED) is 0.169. The number of hydrogen-bond donors (Lipinski definition) is 2. The number of nitrogens with zero attached hydrogens (tertiary/aromatic N) is 3. The average Bonchev–Trinajstić information content (AvgIpc) is 3.33. The maximum absolute atomic E-state index is 13.9. The van der Waals surface area contributed by atoms with Gasteiger partial charge in [-0.05, 0) is 74.2 Å². The van der Waals surface area contributed by atoms with Crippen LogP contribution in [0.5, 0.6) is 11.5 Å². The molecule has 39 heavy (non-hydrogen) atoms. The lowest BCUT2D eigenvalue weighted by molar-refractivity contribution is -0.113. The van der Waals surface area contributed by atoms with Crippen LogP contribution in [0, 0.1) is 13.8 Å². The molecule has 7 nitrogen and oxygen atoms in total.